The van der Waals surface area contributed by atoms with E-state index in [4.69, 9.17) is 0 Å². The van der Waals surface area contributed by atoms with Gasteiger partial charge in [-0.05, 0) is 41.8 Å². The molecule has 13 heteroatoms. The number of aromatic nitrogens is 3. The summed E-state index contributed by atoms with van der Waals surface area (Å²) in [6, 6.07) is 18.7. The van der Waals surface area contributed by atoms with E-state index in [1.165, 1.54) is 59.2 Å². The van der Waals surface area contributed by atoms with Gasteiger partial charge in [-0.25, -0.2) is 18.9 Å². The van der Waals surface area contributed by atoms with Gasteiger partial charge in [0.25, 0.3) is 0 Å². The highest BCUT2D eigenvalue weighted by atomic mass is 32.2. The summed E-state index contributed by atoms with van der Waals surface area (Å²) in [6.45, 7) is 4.93. The number of nitrogens with zero attached hydrogens (tertiary/aromatic N) is 5. The molecule has 0 bridgehead atoms. The molecule has 1 fully saturated rings. The van der Waals surface area contributed by atoms with Crippen molar-refractivity contribution in [3.05, 3.63) is 96.5 Å². The number of carbonyl (C=O) groups is 1. The molecule has 2 heterocycles. The van der Waals surface area contributed by atoms with Crippen molar-refractivity contribution >= 4 is 34.5 Å². The van der Waals surface area contributed by atoms with Gasteiger partial charge in [0.15, 0.2) is 11.0 Å². The number of amides is 2. The predicted molar refractivity (Wildman–Crippen MR) is 159 cm³/mol. The van der Waals surface area contributed by atoms with Gasteiger partial charge in [0, 0.05) is 35.3 Å². The number of aliphatic imine (C=N–C) groups is 1. The van der Waals surface area contributed by atoms with Crippen molar-refractivity contribution in [2.75, 3.05) is 17.2 Å². The first kappa shape index (κ1) is 29.8. The van der Waals surface area contributed by atoms with E-state index in [-0.39, 0.29) is 11.3 Å². The second-order valence-electron chi connectivity index (χ2n) is 9.68. The van der Waals surface area contributed by atoms with Crippen molar-refractivity contribution in [2.45, 2.75) is 26.1 Å². The van der Waals surface area contributed by atoms with Crippen LogP contribution in [0.4, 0.5) is 28.0 Å². The lowest BCUT2D eigenvalue weighted by Crippen LogP contribution is -2.27. The van der Waals surface area contributed by atoms with Gasteiger partial charge in [0.05, 0.1) is 5.69 Å². The predicted octanol–water partition coefficient (Wildman–Crippen LogP) is 7.54. The number of nitrogens with one attached hydrogen (secondary N) is 1. The van der Waals surface area contributed by atoms with Crippen molar-refractivity contribution in [3.8, 4) is 22.8 Å². The number of rotatable bonds is 7. The van der Waals surface area contributed by atoms with Gasteiger partial charge in [0.1, 0.15) is 17.9 Å². The van der Waals surface area contributed by atoms with Gasteiger partial charge < -0.3 is 15.0 Å². The number of halogens is 4. The van der Waals surface area contributed by atoms with Gasteiger partial charge in [-0.2, -0.15) is 4.99 Å². The van der Waals surface area contributed by atoms with E-state index >= 15 is 0 Å². The van der Waals surface area contributed by atoms with Crippen LogP contribution in [-0.4, -0.2) is 44.6 Å². The van der Waals surface area contributed by atoms with E-state index in [1.54, 1.807) is 12.1 Å². The average Bonchev–Trinajstić information content (AvgIpc) is 3.66. The van der Waals surface area contributed by atoms with Crippen LogP contribution in [0.5, 0.6) is 5.75 Å². The first-order chi connectivity index (χ1) is 20.6. The van der Waals surface area contributed by atoms with Crippen LogP contribution in [0.3, 0.4) is 0 Å². The monoisotopic (exact) mass is 610 g/mol. The fraction of sp³-hybridized carbons (Fsp3) is 0.200. The van der Waals surface area contributed by atoms with E-state index in [0.29, 0.717) is 34.7 Å². The van der Waals surface area contributed by atoms with Crippen molar-refractivity contribution < 1.29 is 27.1 Å². The fourth-order valence-corrected chi connectivity index (χ4v) is 5.32. The molecule has 0 saturated carbocycles. The molecule has 1 aliphatic rings. The molecule has 1 aliphatic heterocycles. The smallest absolute Gasteiger partial charge is 0.406 e. The molecule has 1 aromatic heterocycles. The van der Waals surface area contributed by atoms with Crippen LogP contribution in [-0.2, 0) is 0 Å². The van der Waals surface area contributed by atoms with Crippen molar-refractivity contribution in [1.82, 2.24) is 20.1 Å². The zero-order valence-electron chi connectivity index (χ0n) is 23.0. The van der Waals surface area contributed by atoms with Gasteiger partial charge in [-0.3, -0.25) is 0 Å². The summed E-state index contributed by atoms with van der Waals surface area (Å²) in [5, 5.41) is 7.29. The molecule has 2 amide bonds. The first-order valence-electron chi connectivity index (χ1n) is 13.2. The summed E-state index contributed by atoms with van der Waals surface area (Å²) >= 11 is 1.47. The molecular weight excluding hydrogens is 584 g/mol. The Morgan fingerprint density at radius 2 is 1.79 bits per heavy atom. The molecule has 5 rings (SSSR count). The first-order valence-corrected chi connectivity index (χ1v) is 14.2. The maximum Gasteiger partial charge on any atom is 0.573 e. The van der Waals surface area contributed by atoms with E-state index in [1.807, 2.05) is 23.1 Å². The van der Waals surface area contributed by atoms with Crippen LogP contribution in [0.1, 0.15) is 30.9 Å². The number of benzene rings is 3. The van der Waals surface area contributed by atoms with Crippen molar-refractivity contribution in [3.63, 3.8) is 0 Å². The third-order valence-electron chi connectivity index (χ3n) is 6.39. The number of para-hydroxylation sites is 1. The Labute approximate surface area is 249 Å². The quantitative estimate of drug-likeness (QED) is 0.218. The SMILES string of the molecule is CC(C)c1ccccc1N1CCSC1=NC(=O)N/C=C(\F)c1ccc(-c2ncn(-c3ccc(OC(F)(F)F)cc3)n2)cc1. The van der Waals surface area contributed by atoms with Crippen LogP contribution in [0.25, 0.3) is 22.9 Å². The van der Waals surface area contributed by atoms with E-state index in [9.17, 15) is 22.4 Å². The molecule has 0 unspecified atom stereocenters. The van der Waals surface area contributed by atoms with Crippen LogP contribution in [0.15, 0.2) is 90.3 Å². The molecule has 8 nitrogen and oxygen atoms in total. The molecule has 3 aromatic carbocycles. The Morgan fingerprint density at radius 3 is 2.49 bits per heavy atom. The zero-order valence-corrected chi connectivity index (χ0v) is 23.9. The Morgan fingerprint density at radius 1 is 1.07 bits per heavy atom. The normalized spacial score (nSPS) is 14.9. The van der Waals surface area contributed by atoms with Gasteiger partial charge >= 0.3 is 12.4 Å². The summed E-state index contributed by atoms with van der Waals surface area (Å²) in [6.07, 6.45) is -2.40. The number of hydrogen-bond donors (Lipinski definition) is 1. The maximum absolute atomic E-state index is 14.9. The minimum absolute atomic E-state index is 0.221. The topological polar surface area (TPSA) is 84.6 Å². The van der Waals surface area contributed by atoms with Crippen LogP contribution in [0.2, 0.25) is 0 Å². The summed E-state index contributed by atoms with van der Waals surface area (Å²) in [4.78, 5) is 22.9. The van der Waals surface area contributed by atoms with Crippen molar-refractivity contribution in [2.24, 2.45) is 4.99 Å². The summed E-state index contributed by atoms with van der Waals surface area (Å²) in [7, 11) is 0. The zero-order chi connectivity index (χ0) is 30.6. The second kappa shape index (κ2) is 12.7. The minimum Gasteiger partial charge on any atom is -0.406 e. The van der Waals surface area contributed by atoms with Crippen LogP contribution < -0.4 is 15.0 Å². The highest BCUT2D eigenvalue weighted by molar-refractivity contribution is 8.14. The maximum atomic E-state index is 14.9. The Bertz CT molecular complexity index is 1650. The molecular formula is C30H26F4N6O2S. The third kappa shape index (κ3) is 7.41. The lowest BCUT2D eigenvalue weighted by molar-refractivity contribution is -0.274. The van der Waals surface area contributed by atoms with Crippen molar-refractivity contribution in [1.29, 1.82) is 0 Å². The molecule has 4 aromatic rings. The summed E-state index contributed by atoms with van der Waals surface area (Å²) < 4.78 is 57.3. The highest BCUT2D eigenvalue weighted by Gasteiger charge is 2.31. The average molecular weight is 611 g/mol. The standard InChI is InChI=1S/C30H26F4N6O2S/c1-19(2)24-5-3-4-6-26(24)39-15-16-43-29(39)37-28(41)35-17-25(31)20-7-9-21(10-8-20)27-36-18-40(38-27)22-11-13-23(14-12-22)42-30(32,33)34/h3-14,17-19H,15-16H2,1-2H3,(H,35,41)/b25-17-,37-29?. The number of hydrogen-bond acceptors (Lipinski definition) is 5. The molecule has 0 spiro atoms. The Hall–Kier alpha value is -4.65. The molecule has 0 atom stereocenters. The minimum atomic E-state index is -4.78. The van der Waals surface area contributed by atoms with Crippen LogP contribution in [0, 0.1) is 0 Å². The lowest BCUT2D eigenvalue weighted by Gasteiger charge is -2.22. The molecule has 43 heavy (non-hydrogen) atoms. The number of carbonyl (C=O) groups excluding carboxylic acids is 1. The molecule has 1 saturated heterocycles. The van der Waals surface area contributed by atoms with Gasteiger partial charge in [0.2, 0.25) is 0 Å². The molecule has 0 radical (unpaired) electrons. The van der Waals surface area contributed by atoms with E-state index in [2.05, 4.69) is 45.0 Å². The number of alkyl halides is 3. The summed E-state index contributed by atoms with van der Waals surface area (Å²) in [5.41, 5.74) is 3.44. The van der Waals surface area contributed by atoms with Gasteiger partial charge in [-0.15, -0.1) is 18.3 Å². The number of anilines is 1. The number of urea groups is 1. The largest absolute Gasteiger partial charge is 0.573 e. The van der Waals surface area contributed by atoms with Gasteiger partial charge in [-0.1, -0.05) is 68.1 Å². The fourth-order valence-electron chi connectivity index (χ4n) is 4.37. The molecule has 1 N–H and O–H groups in total. The highest BCUT2D eigenvalue weighted by Crippen LogP contribution is 2.32. The number of amidine groups is 1. The number of thioether (sulfide) groups is 1. The van der Waals surface area contributed by atoms with E-state index in [0.717, 1.165) is 23.2 Å². The molecule has 222 valence electrons. The van der Waals surface area contributed by atoms with Crippen LogP contribution >= 0.6 is 11.8 Å². The third-order valence-corrected chi connectivity index (χ3v) is 7.35. The molecule has 0 aliphatic carbocycles. The number of ether oxygens (including phenoxy) is 1. The Balaban J connectivity index is 1.22. The van der Waals surface area contributed by atoms with E-state index < -0.39 is 18.2 Å². The Kier molecular flexibility index (Phi) is 8.81. The lowest BCUT2D eigenvalue weighted by atomic mass is 10.0. The second-order valence-corrected chi connectivity index (χ2v) is 10.7. The summed E-state index contributed by atoms with van der Waals surface area (Å²) in [5.74, 6) is 0.395.